The van der Waals surface area contributed by atoms with Crippen molar-refractivity contribution in [2.75, 3.05) is 13.1 Å². The maximum atomic E-state index is 13.5. The largest absolute Gasteiger partial charge is 0.388 e. The third-order valence-electron chi connectivity index (χ3n) is 5.97. The van der Waals surface area contributed by atoms with Crippen molar-refractivity contribution < 1.29 is 18.7 Å². The van der Waals surface area contributed by atoms with Gasteiger partial charge in [0.1, 0.15) is 5.84 Å². The molecule has 1 amide bonds. The van der Waals surface area contributed by atoms with Gasteiger partial charge in [0, 0.05) is 37.7 Å². The second-order valence-electron chi connectivity index (χ2n) is 9.06. The number of hydrogen-bond acceptors (Lipinski definition) is 5. The van der Waals surface area contributed by atoms with Gasteiger partial charge in [-0.05, 0) is 31.0 Å². The van der Waals surface area contributed by atoms with Crippen molar-refractivity contribution in [2.24, 2.45) is 4.99 Å². The first kappa shape index (κ1) is 22.3. The van der Waals surface area contributed by atoms with Crippen LogP contribution in [0.25, 0.3) is 0 Å². The Morgan fingerprint density at radius 2 is 1.94 bits per heavy atom. The summed E-state index contributed by atoms with van der Waals surface area (Å²) in [5.41, 5.74) is 2.07. The number of likely N-dealkylation sites (tertiary alicyclic amines) is 1. The van der Waals surface area contributed by atoms with E-state index in [0.29, 0.717) is 18.1 Å². The zero-order chi connectivity index (χ0) is 22.9. The third kappa shape index (κ3) is 4.96. The Bertz CT molecular complexity index is 1010. The molecule has 0 unspecified atom stereocenters. The monoisotopic (exact) mass is 442 g/mol. The molecule has 0 radical (unpaired) electrons. The predicted octanol–water partition coefficient (Wildman–Crippen LogP) is 3.24. The molecule has 2 aliphatic heterocycles. The fraction of sp³-hybridized carbons (Fsp3) is 0.458. The number of amides is 1. The van der Waals surface area contributed by atoms with Crippen LogP contribution in [0, 0.1) is 0 Å². The van der Waals surface area contributed by atoms with E-state index >= 15 is 0 Å². The van der Waals surface area contributed by atoms with Crippen molar-refractivity contribution in [3.63, 3.8) is 0 Å². The highest BCUT2D eigenvalue weighted by atomic mass is 19.3. The van der Waals surface area contributed by atoms with Crippen LogP contribution in [0.3, 0.4) is 0 Å². The van der Waals surface area contributed by atoms with Crippen LogP contribution in [-0.2, 0) is 17.8 Å². The Labute approximate surface area is 186 Å². The van der Waals surface area contributed by atoms with Gasteiger partial charge in [-0.15, -0.1) is 0 Å². The summed E-state index contributed by atoms with van der Waals surface area (Å²) in [5.74, 6) is -2.13. The first-order valence-electron chi connectivity index (χ1n) is 10.8. The van der Waals surface area contributed by atoms with Crippen molar-refractivity contribution in [3.8, 4) is 0 Å². The molecule has 2 aromatic rings. The molecule has 170 valence electrons. The van der Waals surface area contributed by atoms with Gasteiger partial charge in [-0.1, -0.05) is 30.3 Å². The Kier molecular flexibility index (Phi) is 5.99. The van der Waals surface area contributed by atoms with Crippen LogP contribution in [0.5, 0.6) is 0 Å². The van der Waals surface area contributed by atoms with Crippen LogP contribution in [0.4, 0.5) is 8.78 Å². The van der Waals surface area contributed by atoms with Crippen LogP contribution >= 0.6 is 0 Å². The highest BCUT2D eigenvalue weighted by Gasteiger charge is 2.36. The molecule has 6 nitrogen and oxygen atoms in total. The number of carbonyl (C=O) groups excluding carboxylic acids is 1. The summed E-state index contributed by atoms with van der Waals surface area (Å²) in [6.07, 6.45) is 1.41. The molecule has 4 rings (SSSR count). The lowest BCUT2D eigenvalue weighted by atomic mass is 9.91. The number of benzene rings is 1. The second-order valence-corrected chi connectivity index (χ2v) is 9.06. The lowest BCUT2D eigenvalue weighted by Gasteiger charge is -2.33. The Morgan fingerprint density at radius 3 is 2.59 bits per heavy atom. The summed E-state index contributed by atoms with van der Waals surface area (Å²) in [4.78, 5) is 23.6. The maximum absolute atomic E-state index is 13.5. The van der Waals surface area contributed by atoms with Gasteiger partial charge < -0.3 is 15.3 Å². The molecule has 8 heteroatoms. The van der Waals surface area contributed by atoms with Crippen molar-refractivity contribution in [2.45, 2.75) is 57.2 Å². The summed E-state index contributed by atoms with van der Waals surface area (Å²) in [5, 5.41) is 13.5. The van der Waals surface area contributed by atoms with Gasteiger partial charge in [0.2, 0.25) is 5.91 Å². The van der Waals surface area contributed by atoms with Crippen molar-refractivity contribution in [1.82, 2.24) is 15.2 Å². The van der Waals surface area contributed by atoms with E-state index in [1.165, 1.54) is 0 Å². The molecular weight excluding hydrogens is 414 g/mol. The molecule has 0 spiro atoms. The summed E-state index contributed by atoms with van der Waals surface area (Å²) < 4.78 is 26.9. The molecular formula is C24H28F2N4O2. The van der Waals surface area contributed by atoms with Crippen molar-refractivity contribution in [1.29, 1.82) is 0 Å². The minimum absolute atomic E-state index is 0.0674. The van der Waals surface area contributed by atoms with Gasteiger partial charge in [0.25, 0.3) is 5.92 Å². The molecule has 32 heavy (non-hydrogen) atoms. The van der Waals surface area contributed by atoms with Gasteiger partial charge >= 0.3 is 0 Å². The number of piperidine rings is 1. The number of pyridine rings is 1. The Balaban J connectivity index is 1.42. The number of aliphatic imine (C=N–C) groups is 1. The first-order valence-corrected chi connectivity index (χ1v) is 10.8. The SMILES string of the molecule is CC(C)(O)[C@@H](NC(=O)Cc1cc2c(cn1)C(N1CCC(F)(F)CC1)=NC2)c1ccccc1. The highest BCUT2D eigenvalue weighted by molar-refractivity contribution is 6.01. The van der Waals surface area contributed by atoms with Gasteiger partial charge in [-0.3, -0.25) is 14.8 Å². The number of fused-ring (bicyclic) bond motifs is 1. The third-order valence-corrected chi connectivity index (χ3v) is 5.97. The molecule has 0 saturated carbocycles. The van der Waals surface area contributed by atoms with Crippen LogP contribution in [0.1, 0.15) is 55.1 Å². The smallest absolute Gasteiger partial charge is 0.251 e. The van der Waals surface area contributed by atoms with E-state index in [9.17, 15) is 18.7 Å². The summed E-state index contributed by atoms with van der Waals surface area (Å²) in [7, 11) is 0. The van der Waals surface area contributed by atoms with Crippen molar-refractivity contribution in [3.05, 3.63) is 65.0 Å². The predicted molar refractivity (Wildman–Crippen MR) is 118 cm³/mol. The number of nitrogens with zero attached hydrogens (tertiary/aromatic N) is 3. The van der Waals surface area contributed by atoms with E-state index in [1.54, 1.807) is 20.0 Å². The average molecular weight is 443 g/mol. The number of aliphatic hydroxyl groups is 1. The minimum atomic E-state index is -2.60. The quantitative estimate of drug-likeness (QED) is 0.745. The number of hydrogen-bond donors (Lipinski definition) is 2. The number of carbonyl (C=O) groups is 1. The second kappa shape index (κ2) is 8.58. The van der Waals surface area contributed by atoms with Gasteiger partial charge in [-0.25, -0.2) is 8.78 Å². The molecule has 1 saturated heterocycles. The van der Waals surface area contributed by atoms with E-state index in [0.717, 1.165) is 16.7 Å². The molecule has 1 aromatic heterocycles. The lowest BCUT2D eigenvalue weighted by molar-refractivity contribution is -0.123. The summed E-state index contributed by atoms with van der Waals surface area (Å²) >= 11 is 0. The fourth-order valence-electron chi connectivity index (χ4n) is 4.23. The maximum Gasteiger partial charge on any atom is 0.251 e. The summed E-state index contributed by atoms with van der Waals surface area (Å²) in [6, 6.07) is 10.6. The molecule has 1 aromatic carbocycles. The van der Waals surface area contributed by atoms with Gasteiger partial charge in [-0.2, -0.15) is 0 Å². The number of halogens is 2. The zero-order valence-electron chi connectivity index (χ0n) is 18.3. The van der Waals surface area contributed by atoms with E-state index < -0.39 is 17.6 Å². The minimum Gasteiger partial charge on any atom is -0.388 e. The van der Waals surface area contributed by atoms with Crippen LogP contribution < -0.4 is 5.32 Å². The molecule has 0 aliphatic carbocycles. The number of rotatable bonds is 5. The van der Waals surface area contributed by atoms with Crippen LogP contribution in [-0.4, -0.2) is 51.3 Å². The van der Waals surface area contributed by atoms with Crippen molar-refractivity contribution >= 4 is 11.7 Å². The average Bonchev–Trinajstić information content (AvgIpc) is 3.15. The zero-order valence-corrected chi connectivity index (χ0v) is 18.3. The number of aromatic nitrogens is 1. The number of alkyl halides is 2. The molecule has 3 heterocycles. The fourth-order valence-corrected chi connectivity index (χ4v) is 4.23. The van der Waals surface area contributed by atoms with E-state index in [-0.39, 0.29) is 38.3 Å². The van der Waals surface area contributed by atoms with E-state index in [2.05, 4.69) is 15.3 Å². The highest BCUT2D eigenvalue weighted by Crippen LogP contribution is 2.31. The molecule has 1 atom stereocenters. The number of nitrogens with one attached hydrogen (secondary N) is 1. The lowest BCUT2D eigenvalue weighted by Crippen LogP contribution is -2.43. The topological polar surface area (TPSA) is 77.8 Å². The molecule has 2 N–H and O–H groups in total. The van der Waals surface area contributed by atoms with Gasteiger partial charge in [0.05, 0.1) is 30.3 Å². The normalized spacial score (nSPS) is 18.7. The van der Waals surface area contributed by atoms with E-state index in [1.807, 2.05) is 41.3 Å². The standard InChI is InChI=1S/C24H28F2N4O2/c1-23(2,32)21(16-6-4-3-5-7-16)29-20(31)13-18-12-17-14-28-22(19(17)15-27-18)30-10-8-24(25,26)9-11-30/h3-7,12,15,21,32H,8-11,13-14H2,1-2H3,(H,29,31)/t21-/m0/s1. The van der Waals surface area contributed by atoms with Gasteiger partial charge in [0.15, 0.2) is 0 Å². The van der Waals surface area contributed by atoms with Crippen LogP contribution in [0.15, 0.2) is 47.6 Å². The molecule has 0 bridgehead atoms. The Morgan fingerprint density at radius 1 is 1.25 bits per heavy atom. The van der Waals surface area contributed by atoms with Crippen LogP contribution in [0.2, 0.25) is 0 Å². The first-order chi connectivity index (χ1) is 15.1. The number of amidine groups is 1. The Hall–Kier alpha value is -2.87. The summed E-state index contributed by atoms with van der Waals surface area (Å²) in [6.45, 7) is 4.31. The van der Waals surface area contributed by atoms with E-state index in [4.69, 9.17) is 0 Å². The molecule has 2 aliphatic rings. The molecule has 1 fully saturated rings.